The molecule has 0 unspecified atom stereocenters. The minimum Gasteiger partial charge on any atom is -0.430 e. The largest absolute Gasteiger partial charge is 0.430 e. The zero-order valence-corrected chi connectivity index (χ0v) is 9.14. The van der Waals surface area contributed by atoms with Gasteiger partial charge < -0.3 is 14.2 Å². The van der Waals surface area contributed by atoms with Crippen LogP contribution in [0.5, 0.6) is 0 Å². The Kier molecular flexibility index (Phi) is 3.54. The predicted octanol–water partition coefficient (Wildman–Crippen LogP) is 1.52. The third-order valence-electron chi connectivity index (χ3n) is 2.39. The highest BCUT2D eigenvalue weighted by Gasteiger charge is 2.20. The Labute approximate surface area is 94.1 Å². The van der Waals surface area contributed by atoms with Crippen LogP contribution in [0.25, 0.3) is 0 Å². The van der Waals surface area contributed by atoms with Crippen molar-refractivity contribution in [1.82, 2.24) is 0 Å². The van der Waals surface area contributed by atoms with Gasteiger partial charge >= 0.3 is 5.97 Å². The lowest BCUT2D eigenvalue weighted by Crippen LogP contribution is -2.32. The number of rotatable bonds is 2. The van der Waals surface area contributed by atoms with E-state index in [1.54, 1.807) is 6.07 Å². The molecule has 16 heavy (non-hydrogen) atoms. The molecule has 2 rings (SSSR count). The summed E-state index contributed by atoms with van der Waals surface area (Å²) >= 11 is 0. The molecule has 1 saturated heterocycles. The monoisotopic (exact) mass is 222 g/mol. The van der Waals surface area contributed by atoms with E-state index in [-0.39, 0.29) is 5.97 Å². The predicted molar refractivity (Wildman–Crippen MR) is 57.2 cm³/mol. The van der Waals surface area contributed by atoms with Crippen molar-refractivity contribution in [2.45, 2.75) is 13.2 Å². The second-order valence-electron chi connectivity index (χ2n) is 3.60. The van der Waals surface area contributed by atoms with Crippen molar-refractivity contribution in [1.29, 1.82) is 0 Å². The van der Waals surface area contributed by atoms with E-state index < -0.39 is 6.29 Å². The second-order valence-corrected chi connectivity index (χ2v) is 3.60. The SMILES string of the molecule is Cc1ccccc1C(=O)O[C@@H]1COCCO1. The number of hydrogen-bond acceptors (Lipinski definition) is 4. The summed E-state index contributed by atoms with van der Waals surface area (Å²) in [6.07, 6.45) is -0.583. The minimum atomic E-state index is -0.583. The molecule has 4 heteroatoms. The first-order valence-corrected chi connectivity index (χ1v) is 5.23. The van der Waals surface area contributed by atoms with Gasteiger partial charge in [-0.2, -0.15) is 0 Å². The quantitative estimate of drug-likeness (QED) is 0.712. The lowest BCUT2D eigenvalue weighted by molar-refractivity contribution is -0.186. The number of aryl methyl sites for hydroxylation is 1. The molecule has 1 fully saturated rings. The van der Waals surface area contributed by atoms with Crippen molar-refractivity contribution >= 4 is 5.97 Å². The molecule has 0 radical (unpaired) electrons. The molecule has 0 spiro atoms. The molecule has 0 N–H and O–H groups in total. The molecule has 0 aromatic heterocycles. The highest BCUT2D eigenvalue weighted by Crippen LogP contribution is 2.11. The van der Waals surface area contributed by atoms with Gasteiger partial charge in [0.15, 0.2) is 0 Å². The standard InChI is InChI=1S/C12H14O4/c1-9-4-2-3-5-10(9)12(13)16-11-8-14-6-7-15-11/h2-5,11H,6-8H2,1H3/t11-/m1/s1. The van der Waals surface area contributed by atoms with Gasteiger partial charge in [-0.25, -0.2) is 4.79 Å². The highest BCUT2D eigenvalue weighted by atomic mass is 16.7. The summed E-state index contributed by atoms with van der Waals surface area (Å²) in [6, 6.07) is 7.30. The molecule has 0 amide bonds. The first-order valence-electron chi connectivity index (χ1n) is 5.23. The van der Waals surface area contributed by atoms with Crippen LogP contribution in [0.15, 0.2) is 24.3 Å². The molecule has 1 aliphatic rings. The number of hydrogen-bond donors (Lipinski definition) is 0. The number of carbonyl (C=O) groups is 1. The van der Waals surface area contributed by atoms with Gasteiger partial charge in [0.25, 0.3) is 0 Å². The van der Waals surface area contributed by atoms with Gasteiger partial charge in [-0.1, -0.05) is 18.2 Å². The average Bonchev–Trinajstić information content (AvgIpc) is 2.31. The molecular weight excluding hydrogens is 208 g/mol. The number of carbonyl (C=O) groups excluding carboxylic acids is 1. The van der Waals surface area contributed by atoms with Crippen LogP contribution < -0.4 is 0 Å². The molecule has 4 nitrogen and oxygen atoms in total. The van der Waals surface area contributed by atoms with Crippen molar-refractivity contribution in [3.8, 4) is 0 Å². The van der Waals surface area contributed by atoms with E-state index in [2.05, 4.69) is 0 Å². The van der Waals surface area contributed by atoms with E-state index in [1.165, 1.54) is 0 Å². The lowest BCUT2D eigenvalue weighted by Gasteiger charge is -2.22. The van der Waals surface area contributed by atoms with Crippen LogP contribution in [0.3, 0.4) is 0 Å². The van der Waals surface area contributed by atoms with Crippen molar-refractivity contribution in [2.24, 2.45) is 0 Å². The van der Waals surface area contributed by atoms with E-state index in [9.17, 15) is 4.79 Å². The van der Waals surface area contributed by atoms with E-state index in [1.807, 2.05) is 25.1 Å². The Hall–Kier alpha value is -1.39. The number of ether oxygens (including phenoxy) is 3. The molecule has 0 bridgehead atoms. The molecule has 1 aromatic carbocycles. The Morgan fingerprint density at radius 3 is 2.88 bits per heavy atom. The summed E-state index contributed by atoms with van der Waals surface area (Å²) in [6.45, 7) is 3.19. The maximum atomic E-state index is 11.8. The van der Waals surface area contributed by atoms with Crippen molar-refractivity contribution in [3.05, 3.63) is 35.4 Å². The second kappa shape index (κ2) is 5.09. The van der Waals surface area contributed by atoms with Gasteiger partial charge in [-0.15, -0.1) is 0 Å². The molecule has 1 atom stereocenters. The Morgan fingerprint density at radius 2 is 2.19 bits per heavy atom. The zero-order valence-electron chi connectivity index (χ0n) is 9.14. The summed E-state index contributed by atoms with van der Waals surface area (Å²) in [5, 5.41) is 0. The maximum absolute atomic E-state index is 11.8. The van der Waals surface area contributed by atoms with Crippen molar-refractivity contribution in [2.75, 3.05) is 19.8 Å². The summed E-state index contributed by atoms with van der Waals surface area (Å²) in [5.74, 6) is -0.367. The van der Waals surface area contributed by atoms with Gasteiger partial charge in [0.05, 0.1) is 18.8 Å². The third-order valence-corrected chi connectivity index (χ3v) is 2.39. The first kappa shape index (κ1) is 11.1. The van der Waals surface area contributed by atoms with Crippen LogP contribution in [0.2, 0.25) is 0 Å². The van der Waals surface area contributed by atoms with Crippen LogP contribution in [-0.4, -0.2) is 32.1 Å². The minimum absolute atomic E-state index is 0.303. The van der Waals surface area contributed by atoms with Crippen LogP contribution in [0.4, 0.5) is 0 Å². The van der Waals surface area contributed by atoms with Crippen LogP contribution in [0, 0.1) is 6.92 Å². The third kappa shape index (κ3) is 2.59. The Morgan fingerprint density at radius 1 is 1.38 bits per heavy atom. The summed E-state index contributed by atoms with van der Waals surface area (Å²) < 4.78 is 15.6. The normalized spacial score (nSPS) is 20.4. The smallest absolute Gasteiger partial charge is 0.340 e. The molecule has 86 valence electrons. The molecule has 1 heterocycles. The van der Waals surface area contributed by atoms with Crippen molar-refractivity contribution in [3.63, 3.8) is 0 Å². The number of benzene rings is 1. The molecule has 1 aliphatic heterocycles. The fourth-order valence-electron chi connectivity index (χ4n) is 1.52. The molecular formula is C12H14O4. The fourth-order valence-corrected chi connectivity index (χ4v) is 1.52. The first-order chi connectivity index (χ1) is 7.77. The van der Waals surface area contributed by atoms with Gasteiger partial charge in [-0.05, 0) is 18.6 Å². The lowest BCUT2D eigenvalue weighted by atomic mass is 10.1. The molecule has 0 aliphatic carbocycles. The molecule has 0 saturated carbocycles. The topological polar surface area (TPSA) is 44.8 Å². The van der Waals surface area contributed by atoms with E-state index in [4.69, 9.17) is 14.2 Å². The van der Waals surface area contributed by atoms with Gasteiger partial charge in [-0.3, -0.25) is 0 Å². The highest BCUT2D eigenvalue weighted by molar-refractivity contribution is 5.91. The van der Waals surface area contributed by atoms with Crippen LogP contribution in [0.1, 0.15) is 15.9 Å². The maximum Gasteiger partial charge on any atom is 0.340 e. The summed E-state index contributed by atoms with van der Waals surface area (Å²) in [5.41, 5.74) is 1.46. The van der Waals surface area contributed by atoms with E-state index >= 15 is 0 Å². The van der Waals surface area contributed by atoms with Gasteiger partial charge in [0.1, 0.15) is 6.61 Å². The summed E-state index contributed by atoms with van der Waals surface area (Å²) in [7, 11) is 0. The Balaban J connectivity index is 2.00. The Bertz CT molecular complexity index is 369. The molecule has 1 aromatic rings. The fraction of sp³-hybridized carbons (Fsp3) is 0.417. The van der Waals surface area contributed by atoms with E-state index in [0.717, 1.165) is 5.56 Å². The summed E-state index contributed by atoms with van der Waals surface area (Å²) in [4.78, 5) is 11.8. The zero-order chi connectivity index (χ0) is 11.4. The number of esters is 1. The van der Waals surface area contributed by atoms with Gasteiger partial charge in [0.2, 0.25) is 6.29 Å². The van der Waals surface area contributed by atoms with E-state index in [0.29, 0.717) is 25.4 Å². The van der Waals surface area contributed by atoms with Gasteiger partial charge in [0, 0.05) is 0 Å². The average molecular weight is 222 g/mol. The van der Waals surface area contributed by atoms with Crippen LogP contribution in [-0.2, 0) is 14.2 Å². The van der Waals surface area contributed by atoms with Crippen LogP contribution >= 0.6 is 0 Å². The van der Waals surface area contributed by atoms with Crippen molar-refractivity contribution < 1.29 is 19.0 Å².